The number of carbonyl (C=O) groups is 1. The van der Waals surface area contributed by atoms with Crippen LogP contribution in [0.25, 0.3) is 0 Å². The Morgan fingerprint density at radius 3 is 2.81 bits per heavy atom. The predicted octanol–water partition coefficient (Wildman–Crippen LogP) is 1.48. The summed E-state index contributed by atoms with van der Waals surface area (Å²) in [6.45, 7) is 1.28. The van der Waals surface area contributed by atoms with Crippen LogP contribution in [0, 0.1) is 0 Å². The molecule has 3 fully saturated rings. The number of rotatable bonds is 3. The number of hydrogen-bond donors (Lipinski definition) is 1. The van der Waals surface area contributed by atoms with Gasteiger partial charge in [0.05, 0.1) is 24.9 Å². The third kappa shape index (κ3) is 3.25. The minimum atomic E-state index is -0.431. The highest BCUT2D eigenvalue weighted by Gasteiger charge is 2.44. The second kappa shape index (κ2) is 6.23. The average Bonchev–Trinajstić information content (AvgIpc) is 3.03. The summed E-state index contributed by atoms with van der Waals surface area (Å²) in [7, 11) is 1.41. The molecule has 1 N–H and O–H groups in total. The van der Waals surface area contributed by atoms with Gasteiger partial charge in [-0.05, 0) is 25.7 Å². The molecular formula is C16H27NO4. The topological polar surface area (TPSA) is 59.0 Å². The smallest absolute Gasteiger partial charge is 0.323 e. The molecule has 0 aromatic carbocycles. The fourth-order valence-electron chi connectivity index (χ4n) is 4.31. The summed E-state index contributed by atoms with van der Waals surface area (Å²) in [5.74, 6) is -0.239. The molecular weight excluding hydrogens is 270 g/mol. The molecule has 1 spiro atoms. The Hall–Kier alpha value is -0.650. The maximum absolute atomic E-state index is 11.8. The van der Waals surface area contributed by atoms with Gasteiger partial charge in [-0.1, -0.05) is 19.3 Å². The molecule has 21 heavy (non-hydrogen) atoms. The highest BCUT2D eigenvalue weighted by Crippen LogP contribution is 2.42. The van der Waals surface area contributed by atoms with Crippen molar-refractivity contribution in [3.63, 3.8) is 0 Å². The summed E-state index contributed by atoms with van der Waals surface area (Å²) < 4.78 is 11.2. The van der Waals surface area contributed by atoms with Crippen LogP contribution in [0.4, 0.5) is 0 Å². The fourth-order valence-corrected chi connectivity index (χ4v) is 4.31. The van der Waals surface area contributed by atoms with Crippen molar-refractivity contribution in [2.75, 3.05) is 20.2 Å². The van der Waals surface area contributed by atoms with Gasteiger partial charge in [0.25, 0.3) is 0 Å². The number of esters is 1. The van der Waals surface area contributed by atoms with E-state index in [-0.39, 0.29) is 23.7 Å². The zero-order chi connectivity index (χ0) is 14.9. The van der Waals surface area contributed by atoms with E-state index in [4.69, 9.17) is 9.47 Å². The summed E-state index contributed by atoms with van der Waals surface area (Å²) >= 11 is 0. The number of β-amino-alcohol motifs (C(OH)–C–C–N with tert-alkyl or cyclic N) is 1. The number of nitrogens with zero attached hydrogens (tertiary/aromatic N) is 1. The summed E-state index contributed by atoms with van der Waals surface area (Å²) in [5, 5.41) is 9.84. The minimum Gasteiger partial charge on any atom is -0.468 e. The Morgan fingerprint density at radius 2 is 2.10 bits per heavy atom. The molecule has 0 bridgehead atoms. The van der Waals surface area contributed by atoms with E-state index in [1.807, 2.05) is 4.90 Å². The van der Waals surface area contributed by atoms with Crippen molar-refractivity contribution >= 4 is 5.97 Å². The van der Waals surface area contributed by atoms with Crippen molar-refractivity contribution in [2.24, 2.45) is 0 Å². The number of ether oxygens (including phenoxy) is 2. The summed E-state index contributed by atoms with van der Waals surface area (Å²) in [6.07, 6.45) is 8.72. The van der Waals surface area contributed by atoms with E-state index < -0.39 is 6.10 Å². The van der Waals surface area contributed by atoms with Gasteiger partial charge >= 0.3 is 5.97 Å². The van der Waals surface area contributed by atoms with E-state index in [1.54, 1.807) is 0 Å². The maximum Gasteiger partial charge on any atom is 0.323 e. The molecule has 1 saturated carbocycles. The van der Waals surface area contributed by atoms with Crippen LogP contribution in [0.2, 0.25) is 0 Å². The zero-order valence-electron chi connectivity index (χ0n) is 12.9. The molecule has 2 saturated heterocycles. The van der Waals surface area contributed by atoms with Gasteiger partial charge in [0.15, 0.2) is 0 Å². The second-order valence-corrected chi connectivity index (χ2v) is 6.90. The highest BCUT2D eigenvalue weighted by molar-refractivity contribution is 5.76. The Morgan fingerprint density at radius 1 is 1.33 bits per heavy atom. The first kappa shape index (κ1) is 15.3. The van der Waals surface area contributed by atoms with Gasteiger partial charge < -0.3 is 14.6 Å². The molecule has 3 rings (SSSR count). The van der Waals surface area contributed by atoms with Gasteiger partial charge in [-0.3, -0.25) is 9.69 Å². The minimum absolute atomic E-state index is 0.113. The predicted molar refractivity (Wildman–Crippen MR) is 77.9 cm³/mol. The van der Waals surface area contributed by atoms with Crippen LogP contribution in [-0.2, 0) is 14.3 Å². The first-order chi connectivity index (χ1) is 10.1. The van der Waals surface area contributed by atoms with Crippen LogP contribution in [0.1, 0.15) is 51.4 Å². The Labute approximate surface area is 126 Å². The molecule has 1 aliphatic carbocycles. The van der Waals surface area contributed by atoms with Crippen molar-refractivity contribution in [3.8, 4) is 0 Å². The third-order valence-corrected chi connectivity index (χ3v) is 5.40. The van der Waals surface area contributed by atoms with Crippen LogP contribution in [0.5, 0.6) is 0 Å². The molecule has 120 valence electrons. The first-order valence-electron chi connectivity index (χ1n) is 8.30. The van der Waals surface area contributed by atoms with Crippen molar-refractivity contribution < 1.29 is 19.4 Å². The van der Waals surface area contributed by atoms with Gasteiger partial charge in [0, 0.05) is 19.5 Å². The van der Waals surface area contributed by atoms with Crippen molar-refractivity contribution in [3.05, 3.63) is 0 Å². The second-order valence-electron chi connectivity index (χ2n) is 6.90. The standard InChI is InChI=1S/C16H27NO4/c1-20-15(19)14-9-12(18)10-17(14)11-13-5-8-16(21-13)6-3-2-4-7-16/h12-14,18H,2-11H2,1H3. The third-order valence-electron chi connectivity index (χ3n) is 5.40. The molecule has 3 unspecified atom stereocenters. The summed E-state index contributed by atoms with van der Waals surface area (Å²) in [5.41, 5.74) is 0.113. The number of hydrogen-bond acceptors (Lipinski definition) is 5. The van der Waals surface area contributed by atoms with Crippen LogP contribution in [0.15, 0.2) is 0 Å². The number of likely N-dealkylation sites (tertiary alicyclic amines) is 1. The van der Waals surface area contributed by atoms with E-state index in [2.05, 4.69) is 0 Å². The maximum atomic E-state index is 11.8. The van der Waals surface area contributed by atoms with Crippen molar-refractivity contribution in [1.29, 1.82) is 0 Å². The van der Waals surface area contributed by atoms with Crippen LogP contribution < -0.4 is 0 Å². The highest BCUT2D eigenvalue weighted by atomic mass is 16.5. The molecule has 0 amide bonds. The SMILES string of the molecule is COC(=O)C1CC(O)CN1CC1CCC2(CCCCC2)O1. The normalized spacial score (nSPS) is 36.2. The van der Waals surface area contributed by atoms with Crippen molar-refractivity contribution in [2.45, 2.75) is 75.2 Å². The lowest BCUT2D eigenvalue weighted by molar-refractivity contribution is -0.146. The first-order valence-corrected chi connectivity index (χ1v) is 8.30. The van der Waals surface area contributed by atoms with Crippen LogP contribution >= 0.6 is 0 Å². The van der Waals surface area contributed by atoms with E-state index in [0.717, 1.165) is 19.4 Å². The lowest BCUT2D eigenvalue weighted by atomic mass is 9.83. The van der Waals surface area contributed by atoms with E-state index in [1.165, 1.54) is 39.2 Å². The molecule has 5 heteroatoms. The largest absolute Gasteiger partial charge is 0.468 e. The summed E-state index contributed by atoms with van der Waals surface area (Å²) in [4.78, 5) is 13.9. The monoisotopic (exact) mass is 297 g/mol. The van der Waals surface area contributed by atoms with Gasteiger partial charge in [0.2, 0.25) is 0 Å². The number of aliphatic hydroxyl groups excluding tert-OH is 1. The number of carbonyl (C=O) groups excluding carboxylic acids is 1. The average molecular weight is 297 g/mol. The van der Waals surface area contributed by atoms with Gasteiger partial charge in [-0.2, -0.15) is 0 Å². The van der Waals surface area contributed by atoms with E-state index >= 15 is 0 Å². The van der Waals surface area contributed by atoms with E-state index in [9.17, 15) is 9.90 Å². The Kier molecular flexibility index (Phi) is 4.52. The molecule has 0 aromatic rings. The van der Waals surface area contributed by atoms with E-state index in [0.29, 0.717) is 13.0 Å². The zero-order valence-corrected chi connectivity index (χ0v) is 12.9. The molecule has 5 nitrogen and oxygen atoms in total. The molecule has 3 atom stereocenters. The number of aliphatic hydroxyl groups is 1. The van der Waals surface area contributed by atoms with Crippen LogP contribution in [-0.4, -0.2) is 60.0 Å². The Bertz CT molecular complexity index is 380. The van der Waals surface area contributed by atoms with Crippen molar-refractivity contribution in [1.82, 2.24) is 4.90 Å². The Balaban J connectivity index is 1.57. The van der Waals surface area contributed by atoms with Crippen LogP contribution in [0.3, 0.4) is 0 Å². The van der Waals surface area contributed by atoms with Gasteiger partial charge in [0.1, 0.15) is 6.04 Å². The molecule has 2 heterocycles. The quantitative estimate of drug-likeness (QED) is 0.800. The van der Waals surface area contributed by atoms with Gasteiger partial charge in [-0.15, -0.1) is 0 Å². The molecule has 3 aliphatic rings. The molecule has 2 aliphatic heterocycles. The number of methoxy groups -OCH3 is 1. The lowest BCUT2D eigenvalue weighted by Gasteiger charge is -2.34. The van der Waals surface area contributed by atoms with Gasteiger partial charge in [-0.25, -0.2) is 0 Å². The molecule has 0 radical (unpaired) electrons. The molecule has 0 aromatic heterocycles. The fraction of sp³-hybridized carbons (Fsp3) is 0.938. The lowest BCUT2D eigenvalue weighted by Crippen LogP contribution is -2.42. The summed E-state index contributed by atoms with van der Waals surface area (Å²) in [6, 6.07) is -0.309.